The molecule has 114 valence electrons. The normalized spacial score (nSPS) is 13.3. The highest BCUT2D eigenvalue weighted by atomic mass is 32.2. The van der Waals surface area contributed by atoms with Gasteiger partial charge >= 0.3 is 0 Å². The van der Waals surface area contributed by atoms with Crippen molar-refractivity contribution in [1.29, 1.82) is 0 Å². The van der Waals surface area contributed by atoms with Crippen molar-refractivity contribution in [2.24, 2.45) is 5.92 Å². The van der Waals surface area contributed by atoms with Gasteiger partial charge in [-0.1, -0.05) is 30.3 Å². The maximum absolute atomic E-state index is 11.9. The number of hydrogen-bond donors (Lipinski definition) is 1. The molecular weight excluding hydrogens is 292 g/mol. The highest BCUT2D eigenvalue weighted by molar-refractivity contribution is 7.90. The first-order valence-electron chi connectivity index (χ1n) is 6.61. The fourth-order valence-electron chi connectivity index (χ4n) is 1.98. The summed E-state index contributed by atoms with van der Waals surface area (Å²) in [4.78, 5) is 4.14. The molecular formula is C14H18N2O4S. The summed E-state index contributed by atoms with van der Waals surface area (Å²) < 4.78 is 29.0. The second-order valence-corrected chi connectivity index (χ2v) is 7.28. The molecule has 1 atom stereocenters. The predicted octanol–water partition coefficient (Wildman–Crippen LogP) is 1.59. The number of sulfone groups is 1. The van der Waals surface area contributed by atoms with Crippen LogP contribution in [0.15, 0.2) is 28.8 Å². The minimum absolute atomic E-state index is 0.0995. The van der Waals surface area contributed by atoms with E-state index in [9.17, 15) is 8.42 Å². The lowest BCUT2D eigenvalue weighted by Crippen LogP contribution is -2.18. The molecule has 6 nitrogen and oxygen atoms in total. The molecule has 0 saturated carbocycles. The molecule has 7 heteroatoms. The second-order valence-electron chi connectivity index (χ2n) is 5.17. The summed E-state index contributed by atoms with van der Waals surface area (Å²) in [7, 11) is -3.37. The van der Waals surface area contributed by atoms with Gasteiger partial charge in [0, 0.05) is 12.2 Å². The Balaban J connectivity index is 2.16. The van der Waals surface area contributed by atoms with Crippen molar-refractivity contribution in [3.63, 3.8) is 0 Å². The van der Waals surface area contributed by atoms with Gasteiger partial charge in [0.1, 0.15) is 5.75 Å². The van der Waals surface area contributed by atoms with Gasteiger partial charge in [0.15, 0.2) is 15.7 Å². The van der Waals surface area contributed by atoms with Crippen LogP contribution in [0.2, 0.25) is 0 Å². The standard InChI is InChI=1S/C14H18N2O4S/c1-10(7-17)8-21(18,19)9-13-15-14(20-16-13)12-6-4-3-5-11(12)2/h3-6,10,17H,7-9H2,1-2H3. The number of aromatic nitrogens is 2. The Morgan fingerprint density at radius 3 is 2.71 bits per heavy atom. The van der Waals surface area contributed by atoms with Crippen molar-refractivity contribution >= 4 is 9.84 Å². The molecule has 0 spiro atoms. The first-order chi connectivity index (χ1) is 9.91. The minimum atomic E-state index is -3.37. The van der Waals surface area contributed by atoms with E-state index in [-0.39, 0.29) is 29.9 Å². The number of aliphatic hydroxyl groups is 1. The van der Waals surface area contributed by atoms with E-state index >= 15 is 0 Å². The first kappa shape index (κ1) is 15.7. The van der Waals surface area contributed by atoms with Crippen LogP contribution in [0.1, 0.15) is 18.3 Å². The summed E-state index contributed by atoms with van der Waals surface area (Å²) >= 11 is 0. The fraction of sp³-hybridized carbons (Fsp3) is 0.429. The van der Waals surface area contributed by atoms with Crippen LogP contribution in [-0.4, -0.2) is 36.0 Å². The Hall–Kier alpha value is -1.73. The first-order valence-corrected chi connectivity index (χ1v) is 8.43. The number of benzene rings is 1. The molecule has 1 unspecified atom stereocenters. The molecule has 1 heterocycles. The zero-order valence-electron chi connectivity index (χ0n) is 12.0. The number of nitrogens with zero attached hydrogens (tertiary/aromatic N) is 2. The quantitative estimate of drug-likeness (QED) is 0.871. The summed E-state index contributed by atoms with van der Waals surface area (Å²) in [5.41, 5.74) is 1.77. The topological polar surface area (TPSA) is 93.3 Å². The van der Waals surface area contributed by atoms with Crippen molar-refractivity contribution < 1.29 is 18.0 Å². The monoisotopic (exact) mass is 310 g/mol. The highest BCUT2D eigenvalue weighted by Gasteiger charge is 2.20. The Bertz CT molecular complexity index is 709. The van der Waals surface area contributed by atoms with E-state index < -0.39 is 9.84 Å². The van der Waals surface area contributed by atoms with E-state index in [0.29, 0.717) is 5.89 Å². The van der Waals surface area contributed by atoms with Crippen LogP contribution >= 0.6 is 0 Å². The third-order valence-corrected chi connectivity index (χ3v) is 4.82. The molecule has 0 aliphatic carbocycles. The molecule has 2 aromatic rings. The number of hydrogen-bond acceptors (Lipinski definition) is 6. The Kier molecular flexibility index (Phi) is 4.74. The Morgan fingerprint density at radius 2 is 2.05 bits per heavy atom. The lowest BCUT2D eigenvalue weighted by Gasteiger charge is -2.06. The van der Waals surface area contributed by atoms with Gasteiger partial charge in [-0.25, -0.2) is 8.42 Å². The van der Waals surface area contributed by atoms with Crippen molar-refractivity contribution in [3.8, 4) is 11.5 Å². The summed E-state index contributed by atoms with van der Waals surface area (Å²) in [6.45, 7) is 3.42. The molecule has 0 bridgehead atoms. The maximum Gasteiger partial charge on any atom is 0.258 e. The van der Waals surface area contributed by atoms with Crippen molar-refractivity contribution in [2.75, 3.05) is 12.4 Å². The third-order valence-electron chi connectivity index (χ3n) is 3.04. The van der Waals surface area contributed by atoms with Crippen molar-refractivity contribution in [1.82, 2.24) is 10.1 Å². The smallest absolute Gasteiger partial charge is 0.258 e. The van der Waals surface area contributed by atoms with Gasteiger partial charge in [0.25, 0.3) is 5.89 Å². The maximum atomic E-state index is 11.9. The number of aryl methyl sites for hydroxylation is 1. The molecule has 0 radical (unpaired) electrons. The van der Waals surface area contributed by atoms with Crippen LogP contribution in [-0.2, 0) is 15.6 Å². The van der Waals surface area contributed by atoms with E-state index in [1.165, 1.54) is 0 Å². The Labute approximate surface area is 123 Å². The van der Waals surface area contributed by atoms with Crippen LogP contribution < -0.4 is 0 Å². The van der Waals surface area contributed by atoms with Crippen molar-refractivity contribution in [3.05, 3.63) is 35.7 Å². The molecule has 1 aromatic carbocycles. The third kappa shape index (κ3) is 4.12. The predicted molar refractivity (Wildman–Crippen MR) is 78.2 cm³/mol. The number of rotatable bonds is 6. The van der Waals surface area contributed by atoms with E-state index in [4.69, 9.17) is 9.63 Å². The number of aliphatic hydroxyl groups excluding tert-OH is 1. The highest BCUT2D eigenvalue weighted by Crippen LogP contribution is 2.21. The summed E-state index contributed by atoms with van der Waals surface area (Å²) in [6, 6.07) is 7.51. The van der Waals surface area contributed by atoms with Gasteiger partial charge < -0.3 is 9.63 Å². The van der Waals surface area contributed by atoms with E-state index in [2.05, 4.69) is 10.1 Å². The molecule has 2 rings (SSSR count). The molecule has 0 fully saturated rings. The average molecular weight is 310 g/mol. The fourth-order valence-corrected chi connectivity index (χ4v) is 3.58. The van der Waals surface area contributed by atoms with Crippen LogP contribution in [0.4, 0.5) is 0 Å². The van der Waals surface area contributed by atoms with Gasteiger partial charge in [-0.15, -0.1) is 0 Å². The van der Waals surface area contributed by atoms with Crippen molar-refractivity contribution in [2.45, 2.75) is 19.6 Å². The lowest BCUT2D eigenvalue weighted by atomic mass is 10.1. The van der Waals surface area contributed by atoms with E-state index in [0.717, 1.165) is 11.1 Å². The zero-order chi connectivity index (χ0) is 15.5. The van der Waals surface area contributed by atoms with Gasteiger partial charge in [0.05, 0.1) is 5.75 Å². The SMILES string of the molecule is Cc1ccccc1-c1nc(CS(=O)(=O)CC(C)CO)no1. The molecule has 1 N–H and O–H groups in total. The minimum Gasteiger partial charge on any atom is -0.396 e. The zero-order valence-corrected chi connectivity index (χ0v) is 12.8. The summed E-state index contributed by atoms with van der Waals surface area (Å²) in [5.74, 6) is -0.241. The summed E-state index contributed by atoms with van der Waals surface area (Å²) in [6.07, 6.45) is 0. The van der Waals surface area contributed by atoms with Crippen LogP contribution in [0.5, 0.6) is 0 Å². The summed E-state index contributed by atoms with van der Waals surface area (Å²) in [5, 5.41) is 12.7. The molecule has 1 aromatic heterocycles. The largest absolute Gasteiger partial charge is 0.396 e. The molecule has 0 aliphatic rings. The van der Waals surface area contributed by atoms with E-state index in [1.807, 2.05) is 31.2 Å². The Morgan fingerprint density at radius 1 is 1.33 bits per heavy atom. The second kappa shape index (κ2) is 6.36. The lowest BCUT2D eigenvalue weighted by molar-refractivity contribution is 0.249. The van der Waals surface area contributed by atoms with Gasteiger partial charge in [-0.2, -0.15) is 4.98 Å². The molecule has 21 heavy (non-hydrogen) atoms. The van der Waals surface area contributed by atoms with E-state index in [1.54, 1.807) is 6.92 Å². The van der Waals surface area contributed by atoms with Crippen LogP contribution in [0.3, 0.4) is 0 Å². The van der Waals surface area contributed by atoms with Crippen LogP contribution in [0, 0.1) is 12.8 Å². The van der Waals surface area contributed by atoms with Gasteiger partial charge in [-0.05, 0) is 24.5 Å². The molecule has 0 saturated heterocycles. The van der Waals surface area contributed by atoms with Crippen LogP contribution in [0.25, 0.3) is 11.5 Å². The average Bonchev–Trinajstić information content (AvgIpc) is 2.86. The van der Waals surface area contributed by atoms with Gasteiger partial charge in [0.2, 0.25) is 0 Å². The molecule has 0 amide bonds. The van der Waals surface area contributed by atoms with Gasteiger partial charge in [-0.3, -0.25) is 0 Å². The molecule has 0 aliphatic heterocycles.